The predicted octanol–water partition coefficient (Wildman–Crippen LogP) is 6.47. The van der Waals surface area contributed by atoms with Crippen molar-refractivity contribution in [3.05, 3.63) is 59.7 Å². The molecular formula is C44H60O11. The molecule has 0 radical (unpaired) electrons. The van der Waals surface area contributed by atoms with Crippen LogP contribution in [-0.4, -0.2) is 84.9 Å². The zero-order valence-corrected chi connectivity index (χ0v) is 34.2. The zero-order valence-electron chi connectivity index (χ0n) is 34.2. The molecule has 3 unspecified atom stereocenters. The Morgan fingerprint density at radius 2 is 1.60 bits per heavy atom. The summed E-state index contributed by atoms with van der Waals surface area (Å²) in [5.74, 6) is -3.16. The second-order valence-corrected chi connectivity index (χ2v) is 17.3. The maximum Gasteiger partial charge on any atom is 0.342 e. The monoisotopic (exact) mass is 764 g/mol. The molecule has 1 aromatic rings. The van der Waals surface area contributed by atoms with E-state index >= 15 is 0 Å². The fraction of sp³-hybridized carbons (Fsp3) is 0.682. The minimum atomic E-state index is -1.70. The summed E-state index contributed by atoms with van der Waals surface area (Å²) in [6, 6.07) is 7.38. The van der Waals surface area contributed by atoms with Crippen LogP contribution in [-0.2, 0) is 42.8 Å². The van der Waals surface area contributed by atoms with Crippen molar-refractivity contribution < 1.29 is 52.7 Å². The standard InChI is InChI=1S/C42H54O11.C2H6/c1-23-13-10-11-14-28(23)35(45)50-25(3)40-19-17-29-37(6,30(40)15-12-20-49-22-40)18-16-31-38(29,7)33(51-26(4)43)34(52-27(5)44)39(8)41(31,47)21-24(2)32-42(39,53-32)36(46)48-9;1-2/h10-15,25,29-34,47H,2,16-22H2,1,3-9H3;1-2H3/t25?,29?,30-,31?,32+,33+,34-,37+,38+,39+,40-,41+,42-;/m0./s1. The highest BCUT2D eigenvalue weighted by atomic mass is 16.7. The summed E-state index contributed by atoms with van der Waals surface area (Å²) in [6.45, 7) is 21.5. The minimum absolute atomic E-state index is 0.105. The third-order valence-electron chi connectivity index (χ3n) is 15.1. The van der Waals surface area contributed by atoms with Crippen molar-refractivity contribution in [2.24, 2.45) is 39.4 Å². The molecule has 2 aliphatic heterocycles. The van der Waals surface area contributed by atoms with Crippen LogP contribution < -0.4 is 0 Å². The number of hydrogen-bond donors (Lipinski definition) is 1. The minimum Gasteiger partial charge on any atom is -0.467 e. The van der Waals surface area contributed by atoms with Crippen LogP contribution in [0.5, 0.6) is 0 Å². The van der Waals surface area contributed by atoms with Crippen molar-refractivity contribution in [3.8, 4) is 0 Å². The Bertz CT molecular complexity index is 1770. The van der Waals surface area contributed by atoms with Gasteiger partial charge in [0.1, 0.15) is 18.3 Å². The van der Waals surface area contributed by atoms with Crippen LogP contribution in [0.15, 0.2) is 48.6 Å². The molecule has 4 aliphatic carbocycles. The van der Waals surface area contributed by atoms with Gasteiger partial charge in [-0.25, -0.2) is 9.59 Å². The van der Waals surface area contributed by atoms with Gasteiger partial charge in [0.05, 0.1) is 36.9 Å². The molecule has 2 heterocycles. The third-order valence-corrected chi connectivity index (χ3v) is 15.1. The Morgan fingerprint density at radius 1 is 0.964 bits per heavy atom. The van der Waals surface area contributed by atoms with Crippen LogP contribution in [0.4, 0.5) is 0 Å². The smallest absolute Gasteiger partial charge is 0.342 e. The molecule has 0 aromatic heterocycles. The van der Waals surface area contributed by atoms with Gasteiger partial charge < -0.3 is 33.5 Å². The number of benzene rings is 1. The van der Waals surface area contributed by atoms with Crippen molar-refractivity contribution in [1.82, 2.24) is 0 Å². The van der Waals surface area contributed by atoms with Gasteiger partial charge in [0.2, 0.25) is 5.60 Å². The Kier molecular flexibility index (Phi) is 10.6. The van der Waals surface area contributed by atoms with Crippen molar-refractivity contribution in [2.75, 3.05) is 20.3 Å². The number of aliphatic hydroxyl groups is 1. The Morgan fingerprint density at radius 3 is 2.24 bits per heavy atom. The second-order valence-electron chi connectivity index (χ2n) is 17.3. The van der Waals surface area contributed by atoms with Gasteiger partial charge in [-0.2, -0.15) is 0 Å². The van der Waals surface area contributed by atoms with Crippen LogP contribution in [0.1, 0.15) is 103 Å². The SMILES string of the molecule is C=C1C[C@@]2(O)C3CC[C@]4(C)C(CC[C@@]5(C(C)OC(=O)c6ccccc6C)COCC=C[C@H]54)[C@@]3(C)[C@H](OC(C)=O)[C@H](OC(C)=O)[C@@]2(C)[C@]2(C(=O)OC)O[C@H]12.CC. The van der Waals surface area contributed by atoms with E-state index in [1.54, 1.807) is 13.0 Å². The van der Waals surface area contributed by atoms with Gasteiger partial charge in [-0.15, -0.1) is 0 Å². The average Bonchev–Trinajstić information content (AvgIpc) is 3.94. The number of aryl methyl sites for hydroxylation is 1. The molecule has 1 aromatic carbocycles. The number of epoxide rings is 1. The molecule has 55 heavy (non-hydrogen) atoms. The van der Waals surface area contributed by atoms with Gasteiger partial charge in [-0.1, -0.05) is 64.6 Å². The summed E-state index contributed by atoms with van der Waals surface area (Å²) in [4.78, 5) is 53.7. The molecule has 4 saturated carbocycles. The summed E-state index contributed by atoms with van der Waals surface area (Å²) >= 11 is 0. The highest BCUT2D eigenvalue weighted by Crippen LogP contribution is 2.78. The summed E-state index contributed by atoms with van der Waals surface area (Å²) in [7, 11) is 1.26. The van der Waals surface area contributed by atoms with E-state index in [0.717, 1.165) is 5.56 Å². The molecular weight excluding hydrogens is 704 g/mol. The van der Waals surface area contributed by atoms with Gasteiger partial charge in [0.25, 0.3) is 0 Å². The van der Waals surface area contributed by atoms with E-state index in [4.69, 9.17) is 28.4 Å². The molecule has 1 saturated heterocycles. The van der Waals surface area contributed by atoms with E-state index in [1.165, 1.54) is 21.0 Å². The lowest BCUT2D eigenvalue weighted by molar-refractivity contribution is -0.336. The topological polar surface area (TPSA) is 147 Å². The largest absolute Gasteiger partial charge is 0.467 e. The van der Waals surface area contributed by atoms with Gasteiger partial charge in [-0.05, 0) is 86.8 Å². The summed E-state index contributed by atoms with van der Waals surface area (Å²) in [5.41, 5.74) is -5.08. The lowest BCUT2D eigenvalue weighted by atomic mass is 9.32. The maximum atomic E-state index is 13.8. The van der Waals surface area contributed by atoms with Crippen molar-refractivity contribution in [2.45, 2.75) is 130 Å². The Labute approximate surface area is 325 Å². The molecule has 5 fully saturated rings. The summed E-state index contributed by atoms with van der Waals surface area (Å²) < 4.78 is 36.7. The van der Waals surface area contributed by atoms with Crippen molar-refractivity contribution in [3.63, 3.8) is 0 Å². The first-order valence-corrected chi connectivity index (χ1v) is 19.9. The van der Waals surface area contributed by atoms with Crippen LogP contribution in [0.3, 0.4) is 0 Å². The number of carbonyl (C=O) groups is 4. The number of esters is 4. The molecule has 0 amide bonds. The fourth-order valence-corrected chi connectivity index (χ4v) is 12.8. The van der Waals surface area contributed by atoms with Gasteiger partial charge in [0.15, 0.2) is 6.10 Å². The maximum absolute atomic E-state index is 13.8. The van der Waals surface area contributed by atoms with E-state index in [9.17, 15) is 24.3 Å². The van der Waals surface area contributed by atoms with E-state index < -0.39 is 81.1 Å². The highest BCUT2D eigenvalue weighted by Gasteiger charge is 2.90. The Hall–Kier alpha value is -3.54. The van der Waals surface area contributed by atoms with Gasteiger partial charge >= 0.3 is 23.9 Å². The molecule has 1 N–H and O–H groups in total. The molecule has 6 aliphatic rings. The number of hydrogen-bond acceptors (Lipinski definition) is 11. The lowest BCUT2D eigenvalue weighted by Gasteiger charge is -2.73. The third kappa shape index (κ3) is 5.52. The molecule has 302 valence electrons. The van der Waals surface area contributed by atoms with Crippen molar-refractivity contribution in [1.29, 1.82) is 0 Å². The normalized spacial score (nSPS) is 42.8. The molecule has 13 atom stereocenters. The predicted molar refractivity (Wildman–Crippen MR) is 202 cm³/mol. The van der Waals surface area contributed by atoms with Crippen molar-refractivity contribution >= 4 is 23.9 Å². The molecule has 11 nitrogen and oxygen atoms in total. The molecule has 11 heteroatoms. The molecule has 7 rings (SSSR count). The van der Waals surface area contributed by atoms with Crippen LogP contribution in [0, 0.1) is 46.3 Å². The number of methoxy groups -OCH3 is 1. The molecule has 0 spiro atoms. The number of rotatable bonds is 6. The Balaban J connectivity index is 0.00000253. The summed E-state index contributed by atoms with van der Waals surface area (Å²) in [6.07, 6.45) is 3.13. The summed E-state index contributed by atoms with van der Waals surface area (Å²) in [5, 5.41) is 13.5. The number of fused-ring (bicyclic) bond motifs is 9. The number of allylic oxidation sites excluding steroid dienone is 1. The van der Waals surface area contributed by atoms with Gasteiger partial charge in [-0.3, -0.25) is 9.59 Å². The quantitative estimate of drug-likeness (QED) is 0.147. The fourth-order valence-electron chi connectivity index (χ4n) is 12.8. The van der Waals surface area contributed by atoms with Gasteiger partial charge in [0, 0.05) is 31.1 Å². The van der Waals surface area contributed by atoms with Crippen LogP contribution in [0.25, 0.3) is 0 Å². The van der Waals surface area contributed by atoms with E-state index in [0.29, 0.717) is 50.0 Å². The number of ether oxygens (including phenoxy) is 6. The van der Waals surface area contributed by atoms with Crippen LogP contribution in [0.2, 0.25) is 0 Å². The molecule has 0 bridgehead atoms. The second kappa shape index (κ2) is 14.1. The first kappa shape index (κ1) is 41.1. The zero-order chi connectivity index (χ0) is 40.5. The lowest BCUT2D eigenvalue weighted by Crippen LogP contribution is -2.82. The van der Waals surface area contributed by atoms with E-state index in [-0.39, 0.29) is 24.2 Å². The van der Waals surface area contributed by atoms with E-state index in [1.807, 2.05) is 52.0 Å². The first-order valence-electron chi connectivity index (χ1n) is 19.9. The first-order chi connectivity index (χ1) is 25.9. The average molecular weight is 765 g/mol. The number of carbonyl (C=O) groups excluding carboxylic acids is 4. The van der Waals surface area contributed by atoms with E-state index in [2.05, 4.69) is 26.5 Å². The highest BCUT2D eigenvalue weighted by molar-refractivity contribution is 5.91. The van der Waals surface area contributed by atoms with Crippen LogP contribution >= 0.6 is 0 Å².